The molecule has 3 atom stereocenters. The molecule has 1 saturated carbocycles. The smallest absolute Gasteiger partial charge is 0.161 e. The normalized spacial score (nSPS) is 32.6. The summed E-state index contributed by atoms with van der Waals surface area (Å²) in [5.41, 5.74) is 1.23. The van der Waals surface area contributed by atoms with Crippen molar-refractivity contribution in [2.75, 3.05) is 27.3 Å². The summed E-state index contributed by atoms with van der Waals surface area (Å²) in [4.78, 5) is 2.37. The molecule has 1 heterocycles. The van der Waals surface area contributed by atoms with Crippen molar-refractivity contribution in [2.24, 2.45) is 5.92 Å². The molecule has 2 fully saturated rings. The van der Waals surface area contributed by atoms with Crippen LogP contribution in [0.25, 0.3) is 0 Å². The molecule has 4 nitrogen and oxygen atoms in total. The highest BCUT2D eigenvalue weighted by molar-refractivity contribution is 5.48. The lowest BCUT2D eigenvalue weighted by molar-refractivity contribution is 0.137. The first-order chi connectivity index (χ1) is 11.6. The van der Waals surface area contributed by atoms with Crippen molar-refractivity contribution in [3.8, 4) is 11.5 Å². The minimum Gasteiger partial charge on any atom is -0.493 e. The van der Waals surface area contributed by atoms with Crippen LogP contribution in [0.5, 0.6) is 11.5 Å². The summed E-state index contributed by atoms with van der Waals surface area (Å²) in [6.07, 6.45) is 8.26. The molecular formula is C20H27NO3. The van der Waals surface area contributed by atoms with Crippen molar-refractivity contribution in [3.63, 3.8) is 0 Å². The number of aliphatic hydroxyl groups excluding tert-OH is 1. The van der Waals surface area contributed by atoms with Gasteiger partial charge >= 0.3 is 0 Å². The zero-order chi connectivity index (χ0) is 16.7. The molecule has 1 N–H and O–H groups in total. The van der Waals surface area contributed by atoms with Crippen LogP contribution in [0, 0.1) is 5.92 Å². The number of hydrogen-bond acceptors (Lipinski definition) is 4. The minimum absolute atomic E-state index is 0.0315. The summed E-state index contributed by atoms with van der Waals surface area (Å²) < 4.78 is 11.6. The van der Waals surface area contributed by atoms with Gasteiger partial charge in [-0.3, -0.25) is 0 Å². The van der Waals surface area contributed by atoms with E-state index in [2.05, 4.69) is 36.2 Å². The Labute approximate surface area is 144 Å². The van der Waals surface area contributed by atoms with E-state index in [1.165, 1.54) is 18.4 Å². The molecule has 0 unspecified atom stereocenters. The summed E-state index contributed by atoms with van der Waals surface area (Å²) in [5.74, 6) is 2.38. The van der Waals surface area contributed by atoms with Crippen molar-refractivity contribution in [2.45, 2.75) is 43.2 Å². The largest absolute Gasteiger partial charge is 0.493 e. The third-order valence-corrected chi connectivity index (χ3v) is 5.96. The number of benzene rings is 1. The van der Waals surface area contributed by atoms with Crippen molar-refractivity contribution in [1.29, 1.82) is 0 Å². The molecule has 0 radical (unpaired) electrons. The van der Waals surface area contributed by atoms with Gasteiger partial charge in [0.2, 0.25) is 0 Å². The molecule has 4 rings (SSSR count). The standard InChI is InChI=1S/C20H27NO3/c1-21-10-9-20(8-7-16(22)12-19(20)21)15-5-6-17(18(11-15)23-2)24-13-14-3-4-14/h5-8,11,14,16,19,22H,3-4,9-10,12-13H2,1-2H3/t16-,19-,20-/m0/s1. The first kappa shape index (κ1) is 16.0. The van der Waals surface area contributed by atoms with E-state index in [1.54, 1.807) is 7.11 Å². The zero-order valence-corrected chi connectivity index (χ0v) is 14.6. The Morgan fingerprint density at radius 2 is 2.12 bits per heavy atom. The predicted molar refractivity (Wildman–Crippen MR) is 93.7 cm³/mol. The first-order valence-electron chi connectivity index (χ1n) is 9.01. The molecule has 0 aromatic heterocycles. The molecule has 24 heavy (non-hydrogen) atoms. The van der Waals surface area contributed by atoms with E-state index in [0.29, 0.717) is 6.04 Å². The van der Waals surface area contributed by atoms with Crippen molar-refractivity contribution in [1.82, 2.24) is 4.90 Å². The molecule has 0 amide bonds. The van der Waals surface area contributed by atoms with Gasteiger partial charge in [-0.05, 0) is 62.9 Å². The van der Waals surface area contributed by atoms with Crippen LogP contribution in [-0.4, -0.2) is 49.5 Å². The number of fused-ring (bicyclic) bond motifs is 1. The highest BCUT2D eigenvalue weighted by Crippen LogP contribution is 2.47. The molecule has 3 aliphatic rings. The molecule has 130 valence electrons. The summed E-state index contributed by atoms with van der Waals surface area (Å²) in [5, 5.41) is 10.0. The van der Waals surface area contributed by atoms with E-state index in [0.717, 1.165) is 43.4 Å². The summed E-state index contributed by atoms with van der Waals surface area (Å²) >= 11 is 0. The van der Waals surface area contributed by atoms with Gasteiger partial charge < -0.3 is 19.5 Å². The fourth-order valence-corrected chi connectivity index (χ4v) is 4.25. The number of hydrogen-bond donors (Lipinski definition) is 1. The Balaban J connectivity index is 1.66. The molecule has 0 spiro atoms. The van der Waals surface area contributed by atoms with Crippen LogP contribution in [-0.2, 0) is 5.41 Å². The van der Waals surface area contributed by atoms with E-state index in [9.17, 15) is 5.11 Å². The van der Waals surface area contributed by atoms with Crippen LogP contribution in [0.1, 0.15) is 31.2 Å². The van der Waals surface area contributed by atoms with E-state index in [-0.39, 0.29) is 11.5 Å². The van der Waals surface area contributed by atoms with Gasteiger partial charge in [0.25, 0.3) is 0 Å². The molecule has 4 heteroatoms. The summed E-state index contributed by atoms with van der Waals surface area (Å²) in [6.45, 7) is 1.84. The van der Waals surface area contributed by atoms with Gasteiger partial charge in [-0.1, -0.05) is 18.2 Å². The van der Waals surface area contributed by atoms with Gasteiger partial charge in [0.15, 0.2) is 11.5 Å². The van der Waals surface area contributed by atoms with Crippen LogP contribution in [0.15, 0.2) is 30.4 Å². The number of ether oxygens (including phenoxy) is 2. The molecule has 1 saturated heterocycles. The van der Waals surface area contributed by atoms with E-state index in [1.807, 2.05) is 6.08 Å². The van der Waals surface area contributed by atoms with E-state index >= 15 is 0 Å². The Kier molecular flexibility index (Phi) is 4.05. The van der Waals surface area contributed by atoms with Gasteiger partial charge in [0.1, 0.15) is 0 Å². The van der Waals surface area contributed by atoms with Crippen molar-refractivity contribution >= 4 is 0 Å². The van der Waals surface area contributed by atoms with Gasteiger partial charge in [-0.15, -0.1) is 0 Å². The van der Waals surface area contributed by atoms with Crippen LogP contribution < -0.4 is 9.47 Å². The lowest BCUT2D eigenvalue weighted by Gasteiger charge is -2.39. The average molecular weight is 329 g/mol. The van der Waals surface area contributed by atoms with Gasteiger partial charge in [0.05, 0.1) is 19.8 Å². The van der Waals surface area contributed by atoms with E-state index < -0.39 is 0 Å². The summed E-state index contributed by atoms with van der Waals surface area (Å²) in [6, 6.07) is 6.70. The number of likely N-dealkylation sites (tertiary alicyclic amines) is 1. The number of rotatable bonds is 5. The lowest BCUT2D eigenvalue weighted by Crippen LogP contribution is -2.44. The molecule has 0 bridgehead atoms. The van der Waals surface area contributed by atoms with Crippen LogP contribution >= 0.6 is 0 Å². The number of aliphatic hydroxyl groups is 1. The first-order valence-corrected chi connectivity index (χ1v) is 9.01. The fourth-order valence-electron chi connectivity index (χ4n) is 4.25. The third kappa shape index (κ3) is 2.72. The Morgan fingerprint density at radius 3 is 2.88 bits per heavy atom. The van der Waals surface area contributed by atoms with E-state index in [4.69, 9.17) is 9.47 Å². The van der Waals surface area contributed by atoms with Gasteiger partial charge in [-0.25, -0.2) is 0 Å². The Bertz CT molecular complexity index is 640. The highest BCUT2D eigenvalue weighted by atomic mass is 16.5. The Hall–Kier alpha value is -1.52. The second-order valence-electron chi connectivity index (χ2n) is 7.57. The predicted octanol–water partition coefficient (Wildman–Crippen LogP) is 2.75. The highest BCUT2D eigenvalue weighted by Gasteiger charge is 2.48. The number of nitrogens with zero attached hydrogens (tertiary/aromatic N) is 1. The average Bonchev–Trinajstić information content (AvgIpc) is 3.37. The monoisotopic (exact) mass is 329 g/mol. The quantitative estimate of drug-likeness (QED) is 0.844. The molecule has 2 aliphatic carbocycles. The third-order valence-electron chi connectivity index (χ3n) is 5.96. The minimum atomic E-state index is -0.341. The zero-order valence-electron chi connectivity index (χ0n) is 14.6. The van der Waals surface area contributed by atoms with Crippen LogP contribution in [0.4, 0.5) is 0 Å². The van der Waals surface area contributed by atoms with Crippen LogP contribution in [0.2, 0.25) is 0 Å². The maximum absolute atomic E-state index is 10.0. The topological polar surface area (TPSA) is 41.9 Å². The second kappa shape index (κ2) is 6.08. The maximum Gasteiger partial charge on any atom is 0.161 e. The molecule has 1 aromatic carbocycles. The number of methoxy groups -OCH3 is 1. The SMILES string of the molecule is COc1cc([C@@]23C=C[C@H](O)C[C@@H]2N(C)CC3)ccc1OCC1CC1. The molecular weight excluding hydrogens is 302 g/mol. The molecule has 1 aromatic rings. The van der Waals surface area contributed by atoms with Crippen molar-refractivity contribution in [3.05, 3.63) is 35.9 Å². The summed E-state index contributed by atoms with van der Waals surface area (Å²) in [7, 11) is 3.86. The second-order valence-corrected chi connectivity index (χ2v) is 7.57. The number of likely N-dealkylation sites (N-methyl/N-ethyl adjacent to an activating group) is 1. The Morgan fingerprint density at radius 1 is 1.29 bits per heavy atom. The van der Waals surface area contributed by atoms with Gasteiger partial charge in [-0.2, -0.15) is 0 Å². The molecule has 1 aliphatic heterocycles. The maximum atomic E-state index is 10.0. The van der Waals surface area contributed by atoms with Gasteiger partial charge in [0, 0.05) is 11.5 Å². The van der Waals surface area contributed by atoms with Crippen LogP contribution in [0.3, 0.4) is 0 Å². The lowest BCUT2D eigenvalue weighted by atomic mass is 9.69. The fraction of sp³-hybridized carbons (Fsp3) is 0.600. The van der Waals surface area contributed by atoms with Crippen molar-refractivity contribution < 1.29 is 14.6 Å².